The highest BCUT2D eigenvalue weighted by Gasteiger charge is 2.25. The van der Waals surface area contributed by atoms with Crippen LogP contribution in [0.3, 0.4) is 0 Å². The second-order valence-corrected chi connectivity index (χ2v) is 6.36. The van der Waals surface area contributed by atoms with Crippen molar-refractivity contribution in [3.63, 3.8) is 0 Å². The Morgan fingerprint density at radius 3 is 2.31 bits per heavy atom. The zero-order chi connectivity index (χ0) is 18.5. The van der Waals surface area contributed by atoms with Gasteiger partial charge in [-0.15, -0.1) is 0 Å². The molecule has 136 valence electrons. The quantitative estimate of drug-likeness (QED) is 0.824. The summed E-state index contributed by atoms with van der Waals surface area (Å²) in [5.74, 6) is -0.176. The molecule has 0 N–H and O–H groups in total. The second-order valence-electron chi connectivity index (χ2n) is 5.93. The summed E-state index contributed by atoms with van der Waals surface area (Å²) in [5.41, 5.74) is 0.539. The smallest absolute Gasteiger partial charge is 0.260 e. The number of amides is 2. The van der Waals surface area contributed by atoms with Gasteiger partial charge in [0.15, 0.2) is 6.61 Å². The third-order valence-corrected chi connectivity index (χ3v) is 4.40. The molecule has 0 spiro atoms. The van der Waals surface area contributed by atoms with Gasteiger partial charge in [-0.05, 0) is 42.5 Å². The number of carbonyl (C=O) groups excluding carboxylic acids is 2. The second kappa shape index (κ2) is 8.19. The molecule has 1 aliphatic heterocycles. The van der Waals surface area contributed by atoms with Crippen molar-refractivity contribution in [2.75, 3.05) is 32.8 Å². The van der Waals surface area contributed by atoms with Gasteiger partial charge in [-0.25, -0.2) is 4.39 Å². The van der Waals surface area contributed by atoms with Gasteiger partial charge in [0.05, 0.1) is 0 Å². The van der Waals surface area contributed by atoms with Crippen LogP contribution in [0.1, 0.15) is 10.4 Å². The molecule has 7 heteroatoms. The van der Waals surface area contributed by atoms with E-state index >= 15 is 0 Å². The Labute approximate surface area is 155 Å². The van der Waals surface area contributed by atoms with Gasteiger partial charge < -0.3 is 14.5 Å². The number of hydrogen-bond donors (Lipinski definition) is 0. The maximum absolute atomic E-state index is 12.9. The molecule has 2 aromatic rings. The fraction of sp³-hybridized carbons (Fsp3) is 0.263. The van der Waals surface area contributed by atoms with E-state index in [2.05, 4.69) is 0 Å². The Kier molecular flexibility index (Phi) is 5.73. The summed E-state index contributed by atoms with van der Waals surface area (Å²) in [7, 11) is 0. The molecule has 5 nitrogen and oxygen atoms in total. The zero-order valence-corrected chi connectivity index (χ0v) is 14.8. The lowest BCUT2D eigenvalue weighted by molar-refractivity contribution is -0.134. The van der Waals surface area contributed by atoms with Crippen LogP contribution in [0.5, 0.6) is 5.75 Å². The molecule has 0 aliphatic carbocycles. The number of piperazine rings is 1. The monoisotopic (exact) mass is 376 g/mol. The summed E-state index contributed by atoms with van der Waals surface area (Å²) in [6, 6.07) is 12.3. The molecule has 1 aliphatic rings. The lowest BCUT2D eigenvalue weighted by Crippen LogP contribution is -2.51. The molecular weight excluding hydrogens is 359 g/mol. The van der Waals surface area contributed by atoms with Crippen LogP contribution in [0.15, 0.2) is 48.5 Å². The highest BCUT2D eigenvalue weighted by atomic mass is 35.5. The predicted octanol–water partition coefficient (Wildman–Crippen LogP) is 2.84. The highest BCUT2D eigenvalue weighted by Crippen LogP contribution is 2.15. The number of rotatable bonds is 4. The topological polar surface area (TPSA) is 49.9 Å². The molecule has 0 saturated carbocycles. The molecule has 2 amide bonds. The predicted molar refractivity (Wildman–Crippen MR) is 95.8 cm³/mol. The standard InChI is InChI=1S/C19H18ClFN2O3/c20-15-3-1-2-14(12-15)19(25)23-10-8-22(9-11-23)18(24)13-26-17-6-4-16(21)5-7-17/h1-7,12H,8-11,13H2. The van der Waals surface area contributed by atoms with E-state index in [1.807, 2.05) is 0 Å². The Hall–Kier alpha value is -2.60. The normalized spacial score (nSPS) is 14.2. The summed E-state index contributed by atoms with van der Waals surface area (Å²) in [4.78, 5) is 28.1. The Bertz CT molecular complexity index is 790. The van der Waals surface area contributed by atoms with Gasteiger partial charge in [0, 0.05) is 36.8 Å². The van der Waals surface area contributed by atoms with Gasteiger partial charge >= 0.3 is 0 Å². The first-order valence-electron chi connectivity index (χ1n) is 8.24. The molecule has 1 saturated heterocycles. The Morgan fingerprint density at radius 2 is 1.65 bits per heavy atom. The van der Waals surface area contributed by atoms with Crippen LogP contribution < -0.4 is 4.74 Å². The van der Waals surface area contributed by atoms with Crippen molar-refractivity contribution >= 4 is 23.4 Å². The van der Waals surface area contributed by atoms with E-state index in [-0.39, 0.29) is 24.2 Å². The van der Waals surface area contributed by atoms with Gasteiger partial charge in [-0.1, -0.05) is 17.7 Å². The van der Waals surface area contributed by atoms with Crippen molar-refractivity contribution in [2.24, 2.45) is 0 Å². The third-order valence-electron chi connectivity index (χ3n) is 4.17. The number of halogens is 2. The van der Waals surface area contributed by atoms with Crippen LogP contribution in [0.4, 0.5) is 4.39 Å². The molecular formula is C19H18ClFN2O3. The lowest BCUT2D eigenvalue weighted by atomic mass is 10.2. The first kappa shape index (κ1) is 18.2. The van der Waals surface area contributed by atoms with E-state index < -0.39 is 0 Å². The minimum atomic E-state index is -0.357. The van der Waals surface area contributed by atoms with Gasteiger partial charge in [-0.3, -0.25) is 9.59 Å². The molecule has 0 bridgehead atoms. The molecule has 3 rings (SSSR count). The van der Waals surface area contributed by atoms with E-state index in [0.717, 1.165) is 0 Å². The first-order chi connectivity index (χ1) is 12.5. The van der Waals surface area contributed by atoms with Gasteiger partial charge in [0.1, 0.15) is 11.6 Å². The van der Waals surface area contributed by atoms with E-state index in [1.165, 1.54) is 24.3 Å². The number of ether oxygens (including phenoxy) is 1. The largest absolute Gasteiger partial charge is 0.484 e. The lowest BCUT2D eigenvalue weighted by Gasteiger charge is -2.34. The van der Waals surface area contributed by atoms with Crippen LogP contribution >= 0.6 is 11.6 Å². The van der Waals surface area contributed by atoms with Gasteiger partial charge in [0.25, 0.3) is 11.8 Å². The molecule has 2 aromatic carbocycles. The molecule has 1 fully saturated rings. The minimum absolute atomic E-state index is 0.0952. The maximum atomic E-state index is 12.9. The molecule has 0 radical (unpaired) electrons. The van der Waals surface area contributed by atoms with Gasteiger partial charge in [0.2, 0.25) is 0 Å². The number of hydrogen-bond acceptors (Lipinski definition) is 3. The summed E-state index contributed by atoms with van der Waals surface area (Å²) in [5, 5.41) is 0.516. The summed E-state index contributed by atoms with van der Waals surface area (Å²) in [6.45, 7) is 1.67. The average Bonchev–Trinajstić information content (AvgIpc) is 2.67. The van der Waals surface area contributed by atoms with Crippen molar-refractivity contribution in [2.45, 2.75) is 0 Å². The van der Waals surface area contributed by atoms with E-state index in [1.54, 1.807) is 34.1 Å². The van der Waals surface area contributed by atoms with Gasteiger partial charge in [-0.2, -0.15) is 0 Å². The van der Waals surface area contributed by atoms with Crippen LogP contribution in [-0.2, 0) is 4.79 Å². The van der Waals surface area contributed by atoms with Crippen LogP contribution in [0.25, 0.3) is 0 Å². The van der Waals surface area contributed by atoms with Crippen molar-refractivity contribution in [1.82, 2.24) is 9.80 Å². The Morgan fingerprint density at radius 1 is 1.00 bits per heavy atom. The van der Waals surface area contributed by atoms with Crippen LogP contribution in [-0.4, -0.2) is 54.4 Å². The fourth-order valence-corrected chi connectivity index (χ4v) is 2.92. The number of nitrogens with zero attached hydrogens (tertiary/aromatic N) is 2. The van der Waals surface area contributed by atoms with Crippen LogP contribution in [0.2, 0.25) is 5.02 Å². The van der Waals surface area contributed by atoms with Crippen molar-refractivity contribution in [3.05, 3.63) is 64.9 Å². The molecule has 0 aromatic heterocycles. The molecule has 26 heavy (non-hydrogen) atoms. The fourth-order valence-electron chi connectivity index (χ4n) is 2.73. The summed E-state index contributed by atoms with van der Waals surface area (Å²) in [6.07, 6.45) is 0. The first-order valence-corrected chi connectivity index (χ1v) is 8.62. The minimum Gasteiger partial charge on any atom is -0.484 e. The van der Waals surface area contributed by atoms with E-state index in [4.69, 9.17) is 16.3 Å². The summed E-state index contributed by atoms with van der Waals surface area (Å²) >= 11 is 5.93. The average molecular weight is 377 g/mol. The van der Waals surface area contributed by atoms with E-state index in [9.17, 15) is 14.0 Å². The highest BCUT2D eigenvalue weighted by molar-refractivity contribution is 6.30. The maximum Gasteiger partial charge on any atom is 0.260 e. The summed E-state index contributed by atoms with van der Waals surface area (Å²) < 4.78 is 18.2. The van der Waals surface area contributed by atoms with Crippen molar-refractivity contribution in [1.29, 1.82) is 0 Å². The molecule has 1 heterocycles. The molecule has 0 atom stereocenters. The van der Waals surface area contributed by atoms with Crippen LogP contribution in [0, 0.1) is 5.82 Å². The van der Waals surface area contributed by atoms with Crippen molar-refractivity contribution in [3.8, 4) is 5.75 Å². The third kappa shape index (κ3) is 4.52. The van der Waals surface area contributed by atoms with Crippen molar-refractivity contribution < 1.29 is 18.7 Å². The zero-order valence-electron chi connectivity index (χ0n) is 14.0. The number of carbonyl (C=O) groups is 2. The molecule has 0 unspecified atom stereocenters. The number of benzene rings is 2. The Balaban J connectivity index is 1.49. The van der Waals surface area contributed by atoms with E-state index in [0.29, 0.717) is 42.5 Å². The SMILES string of the molecule is O=C(COc1ccc(F)cc1)N1CCN(C(=O)c2cccc(Cl)c2)CC1.